The molecular formula is C23H28N2O5. The maximum atomic E-state index is 13.0. The third-order valence-electron chi connectivity index (χ3n) is 4.55. The SMILES string of the molecule is CC(C)C[C@H](N)C(=O)N(C(=O)OCc1ccccc1)[C@H](C=O)Cc1ccc(O)cc1. The topological polar surface area (TPSA) is 110 Å². The number of carbonyl (C=O) groups is 3. The van der Waals surface area contributed by atoms with Gasteiger partial charge in [0, 0.05) is 6.42 Å². The van der Waals surface area contributed by atoms with Crippen LogP contribution in [-0.4, -0.2) is 40.4 Å². The number of phenols is 1. The third-order valence-corrected chi connectivity index (χ3v) is 4.55. The highest BCUT2D eigenvalue weighted by Gasteiger charge is 2.34. The molecule has 0 radical (unpaired) electrons. The molecule has 0 aromatic heterocycles. The molecule has 2 aromatic rings. The van der Waals surface area contributed by atoms with Gasteiger partial charge in [-0.25, -0.2) is 9.69 Å². The van der Waals surface area contributed by atoms with Crippen LogP contribution < -0.4 is 5.73 Å². The van der Waals surface area contributed by atoms with Crippen molar-refractivity contribution in [2.45, 2.75) is 45.4 Å². The Morgan fingerprint density at radius 1 is 1.07 bits per heavy atom. The first-order valence-corrected chi connectivity index (χ1v) is 9.84. The van der Waals surface area contributed by atoms with E-state index in [9.17, 15) is 19.5 Å². The molecule has 0 aliphatic heterocycles. The fourth-order valence-corrected chi connectivity index (χ4v) is 3.04. The Labute approximate surface area is 176 Å². The van der Waals surface area contributed by atoms with Crippen LogP contribution in [0.3, 0.4) is 0 Å². The largest absolute Gasteiger partial charge is 0.508 e. The minimum absolute atomic E-state index is 0.0341. The van der Waals surface area contributed by atoms with E-state index in [-0.39, 0.29) is 24.7 Å². The van der Waals surface area contributed by atoms with Crippen molar-refractivity contribution < 1.29 is 24.2 Å². The van der Waals surface area contributed by atoms with Gasteiger partial charge >= 0.3 is 6.09 Å². The molecule has 0 fully saturated rings. The standard InChI is InChI=1S/C23H28N2O5/c1-16(2)12-21(24)22(28)25(23(29)30-15-18-6-4-3-5-7-18)19(14-26)13-17-8-10-20(27)11-9-17/h3-11,14,16,19,21,27H,12-13,15,24H2,1-2H3/t19-,21-/m0/s1. The van der Waals surface area contributed by atoms with Crippen LogP contribution in [0, 0.1) is 5.92 Å². The van der Waals surface area contributed by atoms with Gasteiger partial charge in [0.15, 0.2) is 0 Å². The van der Waals surface area contributed by atoms with Crippen LogP contribution in [-0.2, 0) is 27.4 Å². The number of aromatic hydroxyl groups is 1. The molecule has 30 heavy (non-hydrogen) atoms. The molecule has 0 heterocycles. The molecule has 3 N–H and O–H groups in total. The van der Waals surface area contributed by atoms with Gasteiger partial charge in [0.2, 0.25) is 5.91 Å². The van der Waals surface area contributed by atoms with Gasteiger partial charge in [-0.2, -0.15) is 0 Å². The van der Waals surface area contributed by atoms with E-state index < -0.39 is 24.1 Å². The summed E-state index contributed by atoms with van der Waals surface area (Å²) in [5.41, 5.74) is 7.45. The molecule has 0 saturated heterocycles. The zero-order valence-corrected chi connectivity index (χ0v) is 17.2. The molecule has 0 unspecified atom stereocenters. The minimum atomic E-state index is -1.08. The fraction of sp³-hybridized carbons (Fsp3) is 0.348. The molecule has 160 valence electrons. The molecule has 0 spiro atoms. The van der Waals surface area contributed by atoms with Gasteiger partial charge in [0.25, 0.3) is 0 Å². The van der Waals surface area contributed by atoms with E-state index in [4.69, 9.17) is 10.5 Å². The second-order valence-corrected chi connectivity index (χ2v) is 7.56. The van der Waals surface area contributed by atoms with E-state index in [0.717, 1.165) is 10.5 Å². The predicted octanol–water partition coefficient (Wildman–Crippen LogP) is 3.04. The Morgan fingerprint density at radius 2 is 1.70 bits per heavy atom. The first-order chi connectivity index (χ1) is 14.3. The number of phenolic OH excluding ortho intramolecular Hbond substituents is 1. The van der Waals surface area contributed by atoms with Crippen LogP contribution in [0.25, 0.3) is 0 Å². The summed E-state index contributed by atoms with van der Waals surface area (Å²) in [7, 11) is 0. The van der Waals surface area contributed by atoms with E-state index >= 15 is 0 Å². The number of nitrogens with two attached hydrogens (primary N) is 1. The summed E-state index contributed by atoms with van der Waals surface area (Å²) in [6.45, 7) is 3.80. The molecule has 7 nitrogen and oxygen atoms in total. The summed E-state index contributed by atoms with van der Waals surface area (Å²) in [6.07, 6.45) is 0.0755. The lowest BCUT2D eigenvalue weighted by Gasteiger charge is -2.28. The number of aldehydes is 1. The van der Waals surface area contributed by atoms with Crippen molar-refractivity contribution in [2.24, 2.45) is 11.7 Å². The van der Waals surface area contributed by atoms with E-state index in [1.807, 2.05) is 32.0 Å². The fourth-order valence-electron chi connectivity index (χ4n) is 3.04. The molecule has 2 rings (SSSR count). The summed E-state index contributed by atoms with van der Waals surface area (Å²) in [5.74, 6) is -0.439. The summed E-state index contributed by atoms with van der Waals surface area (Å²) in [4.78, 5) is 38.5. The highest BCUT2D eigenvalue weighted by molar-refractivity contribution is 5.97. The van der Waals surface area contributed by atoms with Gasteiger partial charge in [-0.15, -0.1) is 0 Å². The average molecular weight is 412 g/mol. The zero-order chi connectivity index (χ0) is 22.1. The Bertz CT molecular complexity index is 836. The van der Waals surface area contributed by atoms with Crippen molar-refractivity contribution in [1.82, 2.24) is 4.90 Å². The maximum Gasteiger partial charge on any atom is 0.417 e. The van der Waals surface area contributed by atoms with Crippen molar-refractivity contribution in [1.29, 1.82) is 0 Å². The highest BCUT2D eigenvalue weighted by Crippen LogP contribution is 2.16. The number of hydrogen-bond donors (Lipinski definition) is 2. The second-order valence-electron chi connectivity index (χ2n) is 7.56. The Balaban J connectivity index is 2.23. The van der Waals surface area contributed by atoms with Crippen molar-refractivity contribution in [3.8, 4) is 5.75 Å². The summed E-state index contributed by atoms with van der Waals surface area (Å²) in [5, 5.41) is 9.44. The summed E-state index contributed by atoms with van der Waals surface area (Å²) < 4.78 is 5.32. The van der Waals surface area contributed by atoms with Crippen LogP contribution >= 0.6 is 0 Å². The van der Waals surface area contributed by atoms with Crippen LogP contribution in [0.15, 0.2) is 54.6 Å². The molecule has 7 heteroatoms. The van der Waals surface area contributed by atoms with Gasteiger partial charge in [0.05, 0.1) is 6.04 Å². The number of benzene rings is 2. The van der Waals surface area contributed by atoms with Gasteiger partial charge in [-0.05, 0) is 35.6 Å². The van der Waals surface area contributed by atoms with E-state index in [0.29, 0.717) is 18.3 Å². The predicted molar refractivity (Wildman–Crippen MR) is 113 cm³/mol. The van der Waals surface area contributed by atoms with Gasteiger partial charge < -0.3 is 20.4 Å². The number of nitrogens with zero attached hydrogens (tertiary/aromatic N) is 1. The maximum absolute atomic E-state index is 13.0. The minimum Gasteiger partial charge on any atom is -0.508 e. The van der Waals surface area contributed by atoms with Crippen molar-refractivity contribution in [3.63, 3.8) is 0 Å². The van der Waals surface area contributed by atoms with Crippen molar-refractivity contribution in [3.05, 3.63) is 65.7 Å². The van der Waals surface area contributed by atoms with Gasteiger partial charge in [-0.1, -0.05) is 56.3 Å². The van der Waals surface area contributed by atoms with Crippen molar-refractivity contribution in [2.75, 3.05) is 0 Å². The Kier molecular flexibility index (Phi) is 8.55. The van der Waals surface area contributed by atoms with Crippen LogP contribution in [0.5, 0.6) is 5.75 Å². The lowest BCUT2D eigenvalue weighted by molar-refractivity contribution is -0.136. The molecule has 2 amide bonds. The number of amides is 2. The quantitative estimate of drug-likeness (QED) is 0.613. The average Bonchev–Trinajstić information content (AvgIpc) is 2.73. The number of hydrogen-bond acceptors (Lipinski definition) is 6. The zero-order valence-electron chi connectivity index (χ0n) is 17.2. The monoisotopic (exact) mass is 412 g/mol. The summed E-state index contributed by atoms with van der Waals surface area (Å²) >= 11 is 0. The number of ether oxygens (including phenoxy) is 1. The first kappa shape index (κ1) is 23.1. The number of rotatable bonds is 9. The molecule has 0 saturated carbocycles. The van der Waals surface area contributed by atoms with Crippen LogP contribution in [0.2, 0.25) is 0 Å². The van der Waals surface area contributed by atoms with Crippen LogP contribution in [0.1, 0.15) is 31.4 Å². The normalized spacial score (nSPS) is 12.8. The molecular weight excluding hydrogens is 384 g/mol. The molecule has 0 bridgehead atoms. The molecule has 0 aliphatic rings. The lowest BCUT2D eigenvalue weighted by Crippen LogP contribution is -2.53. The van der Waals surface area contributed by atoms with Crippen molar-refractivity contribution >= 4 is 18.3 Å². The molecule has 2 aromatic carbocycles. The van der Waals surface area contributed by atoms with E-state index in [1.165, 1.54) is 12.1 Å². The van der Waals surface area contributed by atoms with Gasteiger partial charge in [-0.3, -0.25) is 4.79 Å². The Hall–Kier alpha value is -3.19. The second kappa shape index (κ2) is 11.1. The van der Waals surface area contributed by atoms with Crippen LogP contribution in [0.4, 0.5) is 4.79 Å². The Morgan fingerprint density at radius 3 is 2.27 bits per heavy atom. The number of imide groups is 1. The third kappa shape index (κ3) is 6.70. The van der Waals surface area contributed by atoms with E-state index in [1.54, 1.807) is 24.3 Å². The molecule has 2 atom stereocenters. The number of carbonyl (C=O) groups excluding carboxylic acids is 3. The lowest BCUT2D eigenvalue weighted by atomic mass is 10.0. The molecule has 0 aliphatic carbocycles. The first-order valence-electron chi connectivity index (χ1n) is 9.84. The highest BCUT2D eigenvalue weighted by atomic mass is 16.6. The summed E-state index contributed by atoms with van der Waals surface area (Å²) in [6, 6.07) is 13.2. The van der Waals surface area contributed by atoms with E-state index in [2.05, 4.69) is 0 Å². The smallest absolute Gasteiger partial charge is 0.417 e. The van der Waals surface area contributed by atoms with Gasteiger partial charge in [0.1, 0.15) is 24.7 Å².